The van der Waals surface area contributed by atoms with E-state index in [9.17, 15) is 20.1 Å². The Labute approximate surface area is 87.0 Å². The fourth-order valence-corrected chi connectivity index (χ4v) is 1.37. The molecule has 0 bridgehead atoms. The van der Waals surface area contributed by atoms with Crippen molar-refractivity contribution in [3.05, 3.63) is 0 Å². The summed E-state index contributed by atoms with van der Waals surface area (Å²) in [5.41, 5.74) is 0. The number of ether oxygens (including phenoxy) is 1. The largest absolute Gasteiger partial charge is 0.388 e. The summed E-state index contributed by atoms with van der Waals surface area (Å²) < 4.78 is 5.12. The zero-order chi connectivity index (χ0) is 11.6. The second kappa shape index (κ2) is 4.75. The summed E-state index contributed by atoms with van der Waals surface area (Å²) in [6.07, 6.45) is -5.55. The molecule has 2 amide bonds. The molecule has 1 saturated heterocycles. The minimum absolute atomic E-state index is 0.533. The van der Waals surface area contributed by atoms with Gasteiger partial charge in [-0.3, -0.25) is 0 Å². The highest BCUT2D eigenvalue weighted by atomic mass is 16.5. The number of nitrogens with one attached hydrogen (secondary N) is 2. The van der Waals surface area contributed by atoms with Crippen molar-refractivity contribution in [3.8, 4) is 0 Å². The number of hydrogen-bond donors (Lipinski definition) is 5. The molecule has 88 valence electrons. The van der Waals surface area contributed by atoms with E-state index in [0.29, 0.717) is 0 Å². The van der Waals surface area contributed by atoms with Crippen LogP contribution in [-0.2, 0) is 4.74 Å². The van der Waals surface area contributed by atoms with Crippen LogP contribution in [0.5, 0.6) is 0 Å². The maximum atomic E-state index is 11.0. The van der Waals surface area contributed by atoms with E-state index in [1.54, 1.807) is 0 Å². The van der Waals surface area contributed by atoms with Crippen molar-refractivity contribution in [2.24, 2.45) is 0 Å². The van der Waals surface area contributed by atoms with Crippen LogP contribution in [0, 0.1) is 0 Å². The molecule has 0 saturated carbocycles. The lowest BCUT2D eigenvalue weighted by Gasteiger charge is -2.39. The van der Waals surface area contributed by atoms with Crippen LogP contribution < -0.4 is 10.6 Å². The fraction of sp³-hybridized carbons (Fsp3) is 0.875. The minimum Gasteiger partial charge on any atom is -0.388 e. The number of aliphatic hydroxyl groups is 3. The van der Waals surface area contributed by atoms with Crippen LogP contribution in [0.3, 0.4) is 0 Å². The summed E-state index contributed by atoms with van der Waals surface area (Å²) in [6.45, 7) is 1.54. The van der Waals surface area contributed by atoms with E-state index in [0.717, 1.165) is 0 Å². The van der Waals surface area contributed by atoms with E-state index in [4.69, 9.17) is 4.74 Å². The van der Waals surface area contributed by atoms with Crippen molar-refractivity contribution in [1.29, 1.82) is 0 Å². The second-order valence-electron chi connectivity index (χ2n) is 3.46. The third kappa shape index (κ3) is 2.57. The van der Waals surface area contributed by atoms with Gasteiger partial charge in [0.25, 0.3) is 0 Å². The highest BCUT2D eigenvalue weighted by Gasteiger charge is 2.42. The monoisotopic (exact) mass is 220 g/mol. The van der Waals surface area contributed by atoms with Gasteiger partial charge in [0.1, 0.15) is 18.3 Å². The Bertz CT molecular complexity index is 237. The molecule has 0 spiro atoms. The fourth-order valence-electron chi connectivity index (χ4n) is 1.37. The van der Waals surface area contributed by atoms with E-state index in [1.165, 1.54) is 14.0 Å². The molecule has 15 heavy (non-hydrogen) atoms. The van der Waals surface area contributed by atoms with Gasteiger partial charge in [-0.2, -0.15) is 0 Å². The molecular weight excluding hydrogens is 204 g/mol. The van der Waals surface area contributed by atoms with Gasteiger partial charge in [0.15, 0.2) is 6.23 Å². The third-order valence-electron chi connectivity index (χ3n) is 2.35. The smallest absolute Gasteiger partial charge is 0.316 e. The molecule has 7 nitrogen and oxygen atoms in total. The average Bonchev–Trinajstić information content (AvgIpc) is 2.22. The van der Waals surface area contributed by atoms with Crippen LogP contribution >= 0.6 is 0 Å². The van der Waals surface area contributed by atoms with Gasteiger partial charge in [0.05, 0.1) is 6.10 Å². The van der Waals surface area contributed by atoms with Gasteiger partial charge >= 0.3 is 6.03 Å². The number of urea groups is 1. The van der Waals surface area contributed by atoms with Gasteiger partial charge in [-0.25, -0.2) is 4.79 Å². The van der Waals surface area contributed by atoms with Crippen molar-refractivity contribution >= 4 is 6.03 Å². The third-order valence-corrected chi connectivity index (χ3v) is 2.35. The molecule has 1 heterocycles. The van der Waals surface area contributed by atoms with Crippen LogP contribution in [0.25, 0.3) is 0 Å². The lowest BCUT2D eigenvalue weighted by Crippen LogP contribution is -2.62. The number of carbonyl (C=O) groups excluding carboxylic acids is 1. The molecule has 0 unspecified atom stereocenters. The molecule has 1 aliphatic heterocycles. The van der Waals surface area contributed by atoms with Crippen LogP contribution in [0.2, 0.25) is 0 Å². The topological polar surface area (TPSA) is 111 Å². The van der Waals surface area contributed by atoms with E-state index in [2.05, 4.69) is 10.6 Å². The van der Waals surface area contributed by atoms with Crippen LogP contribution in [0.1, 0.15) is 6.92 Å². The quantitative estimate of drug-likeness (QED) is 0.342. The standard InChI is InChI=1S/C8H16N2O5/c1-3-4(11)5(12)6(13)7(15-3)10-8(14)9-2/h3-7,11-13H,1-2H3,(H2,9,10,14)/t3-,4-,5+,6-,7-/m1/s1. The van der Waals surface area contributed by atoms with Crippen molar-refractivity contribution in [1.82, 2.24) is 10.6 Å². The first-order chi connectivity index (χ1) is 6.97. The van der Waals surface area contributed by atoms with Gasteiger partial charge in [0.2, 0.25) is 0 Å². The first kappa shape index (κ1) is 12.2. The maximum absolute atomic E-state index is 11.0. The Morgan fingerprint density at radius 2 is 1.80 bits per heavy atom. The zero-order valence-electron chi connectivity index (χ0n) is 8.54. The predicted molar refractivity (Wildman–Crippen MR) is 49.9 cm³/mol. The van der Waals surface area contributed by atoms with Gasteiger partial charge < -0.3 is 30.7 Å². The molecule has 0 aliphatic carbocycles. The van der Waals surface area contributed by atoms with Crippen LogP contribution in [-0.4, -0.2) is 59.0 Å². The lowest BCUT2D eigenvalue weighted by molar-refractivity contribution is -0.221. The Balaban J connectivity index is 2.62. The van der Waals surface area contributed by atoms with Crippen LogP contribution in [0.4, 0.5) is 4.79 Å². The van der Waals surface area contributed by atoms with Crippen molar-refractivity contribution < 1.29 is 24.9 Å². The molecule has 7 heteroatoms. The molecule has 0 aromatic heterocycles. The summed E-state index contributed by atoms with van der Waals surface area (Å²) in [5.74, 6) is 0. The van der Waals surface area contributed by atoms with Crippen LogP contribution in [0.15, 0.2) is 0 Å². The number of hydrogen-bond acceptors (Lipinski definition) is 5. The zero-order valence-corrected chi connectivity index (χ0v) is 8.54. The van der Waals surface area contributed by atoms with E-state index < -0.39 is 36.7 Å². The molecule has 1 aliphatic rings. The Kier molecular flexibility index (Phi) is 3.86. The van der Waals surface area contributed by atoms with Gasteiger partial charge in [-0.05, 0) is 6.92 Å². The lowest BCUT2D eigenvalue weighted by atomic mass is 9.99. The van der Waals surface area contributed by atoms with Crippen molar-refractivity contribution in [2.75, 3.05) is 7.05 Å². The molecule has 0 radical (unpaired) electrons. The molecule has 0 aromatic carbocycles. The Morgan fingerprint density at radius 1 is 1.20 bits per heavy atom. The van der Waals surface area contributed by atoms with Crippen molar-refractivity contribution in [3.63, 3.8) is 0 Å². The predicted octanol–water partition coefficient (Wildman–Crippen LogP) is -2.26. The summed E-state index contributed by atoms with van der Waals surface area (Å²) >= 11 is 0. The maximum Gasteiger partial charge on any atom is 0.316 e. The van der Waals surface area contributed by atoms with E-state index in [1.807, 2.05) is 0 Å². The van der Waals surface area contributed by atoms with Gasteiger partial charge in [-0.15, -0.1) is 0 Å². The second-order valence-corrected chi connectivity index (χ2v) is 3.46. The number of carbonyl (C=O) groups is 1. The minimum atomic E-state index is -1.35. The average molecular weight is 220 g/mol. The highest BCUT2D eigenvalue weighted by Crippen LogP contribution is 2.19. The summed E-state index contributed by atoms with van der Waals surface area (Å²) in [6, 6.07) is -0.533. The van der Waals surface area contributed by atoms with E-state index in [-0.39, 0.29) is 0 Å². The number of amides is 2. The van der Waals surface area contributed by atoms with Crippen molar-refractivity contribution in [2.45, 2.75) is 37.6 Å². The molecule has 5 N–H and O–H groups in total. The van der Waals surface area contributed by atoms with Gasteiger partial charge in [0, 0.05) is 7.05 Å². The number of rotatable bonds is 1. The summed E-state index contributed by atoms with van der Waals surface area (Å²) in [7, 11) is 1.42. The first-order valence-electron chi connectivity index (χ1n) is 4.65. The SMILES string of the molecule is CNC(=O)N[C@@H]1O[C@H](C)[C@@H](O)[C@H](O)[C@H]1O. The Hall–Kier alpha value is -0.890. The van der Waals surface area contributed by atoms with Gasteiger partial charge in [-0.1, -0.05) is 0 Å². The summed E-state index contributed by atoms with van der Waals surface area (Å²) in [5, 5.41) is 32.9. The molecule has 1 fully saturated rings. The number of aliphatic hydroxyl groups excluding tert-OH is 3. The molecule has 5 atom stereocenters. The summed E-state index contributed by atoms with van der Waals surface area (Å²) in [4.78, 5) is 11.0. The molecule has 1 rings (SSSR count). The molecule has 0 aromatic rings. The molecular formula is C8H16N2O5. The highest BCUT2D eigenvalue weighted by molar-refractivity contribution is 5.73. The van der Waals surface area contributed by atoms with E-state index >= 15 is 0 Å². The first-order valence-corrected chi connectivity index (χ1v) is 4.65. The Morgan fingerprint density at radius 3 is 2.33 bits per heavy atom. The normalized spacial score (nSPS) is 41.0.